The number of nitrogens with zero attached hydrogens (tertiary/aromatic N) is 3. The molecule has 13 heteroatoms. The molecule has 2 fully saturated rings. The lowest BCUT2D eigenvalue weighted by Crippen LogP contribution is -2.36. The first-order valence-corrected chi connectivity index (χ1v) is 13.2. The fourth-order valence-electron chi connectivity index (χ4n) is 5.19. The molecule has 2 aliphatic heterocycles. The number of anilines is 2. The third-order valence-corrected chi connectivity index (χ3v) is 7.39. The highest BCUT2D eigenvalue weighted by Crippen LogP contribution is 2.31. The maximum absolute atomic E-state index is 15.2. The molecule has 2 aromatic carbocycles. The maximum Gasteiger partial charge on any atom is 0.511 e. The molecule has 2 aliphatic rings. The molecule has 0 bridgehead atoms. The average Bonchev–Trinajstić information content (AvgIpc) is 3.34. The number of rotatable bonds is 8. The third-order valence-electron chi connectivity index (χ3n) is 7.39. The van der Waals surface area contributed by atoms with Gasteiger partial charge in [0.05, 0.1) is 48.2 Å². The van der Waals surface area contributed by atoms with Crippen molar-refractivity contribution < 1.29 is 42.8 Å². The van der Waals surface area contributed by atoms with Gasteiger partial charge < -0.3 is 33.9 Å². The molecule has 0 saturated carbocycles. The number of cyclic esters (lactones) is 1. The van der Waals surface area contributed by atoms with E-state index >= 15 is 4.39 Å². The first-order valence-electron chi connectivity index (χ1n) is 13.2. The van der Waals surface area contributed by atoms with Crippen LogP contribution in [-0.2, 0) is 11.3 Å². The van der Waals surface area contributed by atoms with E-state index in [0.29, 0.717) is 49.4 Å². The molecule has 5 rings (SSSR count). The Morgan fingerprint density at radius 2 is 1.85 bits per heavy atom. The number of hydrogen-bond donors (Lipinski definition) is 2. The molecule has 1 amide bonds. The van der Waals surface area contributed by atoms with Crippen LogP contribution < -0.4 is 24.7 Å². The Kier molecular flexibility index (Phi) is 7.97. The third kappa shape index (κ3) is 5.75. The Morgan fingerprint density at radius 3 is 2.49 bits per heavy atom. The molecule has 11 nitrogen and oxygen atoms in total. The van der Waals surface area contributed by atoms with Crippen LogP contribution in [0.1, 0.15) is 19.8 Å². The van der Waals surface area contributed by atoms with Crippen molar-refractivity contribution in [2.45, 2.75) is 32.4 Å². The van der Waals surface area contributed by atoms with Crippen molar-refractivity contribution in [3.8, 4) is 11.5 Å². The fraction of sp³-hybridized carbons (Fsp3) is 0.393. The molecule has 0 aliphatic carbocycles. The van der Waals surface area contributed by atoms with Crippen molar-refractivity contribution in [3.05, 3.63) is 58.4 Å². The highest BCUT2D eigenvalue weighted by Gasteiger charge is 2.32. The standard InChI is InChI=1S/C28H29F2N3O8/c1-2-31-13-25(41-28(37)38)26(35)19-10-20(29)23(11-22(19)31)32-7-5-16(6-8-32)15-39-24-4-3-17(9-21(24)30)33-12-18(14-34)40-27(33)36/h3-4,9-11,13,16,18,34H,2,5-8,12,14-15H2,1H3,(H,37,38)/t18-/m1/s1. The summed E-state index contributed by atoms with van der Waals surface area (Å²) in [7, 11) is 0. The molecule has 3 aromatic rings. The number of carboxylic acid groups (broad SMARTS) is 1. The van der Waals surface area contributed by atoms with E-state index in [-0.39, 0.29) is 42.6 Å². The number of halogens is 2. The van der Waals surface area contributed by atoms with Crippen molar-refractivity contribution >= 4 is 34.5 Å². The van der Waals surface area contributed by atoms with Crippen LogP contribution in [0.2, 0.25) is 0 Å². The minimum atomic E-state index is -1.63. The van der Waals surface area contributed by atoms with Gasteiger partial charge in [-0.3, -0.25) is 9.69 Å². The normalized spacial score (nSPS) is 17.7. The zero-order valence-electron chi connectivity index (χ0n) is 22.2. The second kappa shape index (κ2) is 11.6. The number of aliphatic hydroxyl groups excluding tert-OH is 1. The Morgan fingerprint density at radius 1 is 1.10 bits per heavy atom. The smallest absolute Gasteiger partial charge is 0.490 e. The monoisotopic (exact) mass is 573 g/mol. The van der Waals surface area contributed by atoms with Gasteiger partial charge in [0.1, 0.15) is 11.9 Å². The quantitative estimate of drug-likeness (QED) is 0.385. The summed E-state index contributed by atoms with van der Waals surface area (Å²) >= 11 is 0. The van der Waals surface area contributed by atoms with Gasteiger partial charge in [-0.25, -0.2) is 18.4 Å². The average molecular weight is 574 g/mol. The summed E-state index contributed by atoms with van der Waals surface area (Å²) in [5.74, 6) is -1.48. The molecular formula is C28H29F2N3O8. The van der Waals surface area contributed by atoms with Crippen molar-refractivity contribution in [1.82, 2.24) is 4.57 Å². The van der Waals surface area contributed by atoms with Crippen LogP contribution >= 0.6 is 0 Å². The van der Waals surface area contributed by atoms with Crippen LogP contribution in [0.5, 0.6) is 11.5 Å². The number of pyridine rings is 1. The number of fused-ring (bicyclic) bond motifs is 1. The van der Waals surface area contributed by atoms with E-state index in [1.807, 2.05) is 11.8 Å². The Labute approximate surface area is 233 Å². The van der Waals surface area contributed by atoms with Crippen LogP contribution in [0.25, 0.3) is 10.9 Å². The second-order valence-electron chi connectivity index (χ2n) is 9.95. The Hall–Kier alpha value is -4.39. The summed E-state index contributed by atoms with van der Waals surface area (Å²) in [4.78, 5) is 38.7. The predicted molar refractivity (Wildman–Crippen MR) is 144 cm³/mol. The Balaban J connectivity index is 1.23. The summed E-state index contributed by atoms with van der Waals surface area (Å²) in [6, 6.07) is 6.89. The van der Waals surface area contributed by atoms with E-state index in [1.165, 1.54) is 23.2 Å². The number of benzene rings is 2. The summed E-state index contributed by atoms with van der Waals surface area (Å²) in [6.07, 6.45) is -0.312. The van der Waals surface area contributed by atoms with Gasteiger partial charge in [-0.2, -0.15) is 0 Å². The molecule has 0 radical (unpaired) electrons. The van der Waals surface area contributed by atoms with Crippen molar-refractivity contribution in [2.24, 2.45) is 5.92 Å². The topological polar surface area (TPSA) is 131 Å². The van der Waals surface area contributed by atoms with Gasteiger partial charge in [-0.05, 0) is 49.9 Å². The van der Waals surface area contributed by atoms with Crippen LogP contribution in [0.4, 0.5) is 29.7 Å². The summed E-state index contributed by atoms with van der Waals surface area (Å²) in [6.45, 7) is 3.30. The van der Waals surface area contributed by atoms with Crippen LogP contribution in [0.3, 0.4) is 0 Å². The minimum Gasteiger partial charge on any atom is -0.490 e. The highest BCUT2D eigenvalue weighted by molar-refractivity contribution is 5.90. The molecule has 218 valence electrons. The van der Waals surface area contributed by atoms with Crippen LogP contribution in [0, 0.1) is 17.6 Å². The number of aromatic nitrogens is 1. The van der Waals surface area contributed by atoms with E-state index in [9.17, 15) is 23.9 Å². The maximum atomic E-state index is 15.2. The first kappa shape index (κ1) is 28.1. The number of aryl methyl sites for hydroxylation is 1. The lowest BCUT2D eigenvalue weighted by Gasteiger charge is -2.34. The molecule has 1 atom stereocenters. The lowest BCUT2D eigenvalue weighted by atomic mass is 9.97. The van der Waals surface area contributed by atoms with Gasteiger partial charge in [0.2, 0.25) is 5.43 Å². The molecule has 2 saturated heterocycles. The van der Waals surface area contributed by atoms with Gasteiger partial charge in [0.25, 0.3) is 0 Å². The fourth-order valence-corrected chi connectivity index (χ4v) is 5.19. The molecule has 2 N–H and O–H groups in total. The minimum absolute atomic E-state index is 0.0259. The number of carbonyl (C=O) groups is 2. The number of aliphatic hydroxyl groups is 1. The van der Waals surface area contributed by atoms with Gasteiger partial charge in [0, 0.05) is 25.7 Å². The lowest BCUT2D eigenvalue weighted by molar-refractivity contribution is 0.0963. The van der Waals surface area contributed by atoms with Gasteiger partial charge >= 0.3 is 12.2 Å². The zero-order valence-corrected chi connectivity index (χ0v) is 22.2. The summed E-state index contributed by atoms with van der Waals surface area (Å²) in [5.41, 5.74) is 0.394. The van der Waals surface area contributed by atoms with Gasteiger partial charge in [-0.1, -0.05) is 0 Å². The highest BCUT2D eigenvalue weighted by atomic mass is 19.1. The van der Waals surface area contributed by atoms with E-state index in [2.05, 4.69) is 4.74 Å². The molecule has 0 unspecified atom stereocenters. The molecular weight excluding hydrogens is 544 g/mol. The molecule has 0 spiro atoms. The zero-order chi connectivity index (χ0) is 29.3. The van der Waals surface area contributed by atoms with E-state index in [4.69, 9.17) is 14.6 Å². The molecule has 1 aromatic heterocycles. The molecule has 3 heterocycles. The SMILES string of the molecule is CCn1cc(OC(=O)O)c(=O)c2cc(F)c(N3CCC(COc4ccc(N5C[C@H](CO)OC5=O)cc4F)CC3)cc21. The number of ether oxygens (including phenoxy) is 3. The van der Waals surface area contributed by atoms with E-state index < -0.39 is 35.4 Å². The second-order valence-corrected chi connectivity index (χ2v) is 9.95. The van der Waals surface area contributed by atoms with E-state index in [1.54, 1.807) is 16.7 Å². The number of carbonyl (C=O) groups excluding carboxylic acids is 1. The first-order chi connectivity index (χ1) is 19.7. The number of piperidine rings is 1. The van der Waals surface area contributed by atoms with Gasteiger partial charge in [0.15, 0.2) is 17.3 Å². The van der Waals surface area contributed by atoms with Gasteiger partial charge in [-0.15, -0.1) is 0 Å². The predicted octanol–water partition coefficient (Wildman–Crippen LogP) is 3.97. The van der Waals surface area contributed by atoms with Crippen molar-refractivity contribution in [1.29, 1.82) is 0 Å². The number of hydrogen-bond acceptors (Lipinski definition) is 8. The van der Waals surface area contributed by atoms with Crippen LogP contribution in [-0.4, -0.2) is 66.0 Å². The number of amides is 1. The van der Waals surface area contributed by atoms with Crippen LogP contribution in [0.15, 0.2) is 41.3 Å². The van der Waals surface area contributed by atoms with Crippen molar-refractivity contribution in [3.63, 3.8) is 0 Å². The summed E-state index contributed by atoms with van der Waals surface area (Å²) < 4.78 is 46.9. The summed E-state index contributed by atoms with van der Waals surface area (Å²) in [5, 5.41) is 18.1. The largest absolute Gasteiger partial charge is 0.511 e. The van der Waals surface area contributed by atoms with Crippen molar-refractivity contribution in [2.75, 3.05) is 42.6 Å². The van der Waals surface area contributed by atoms with E-state index in [0.717, 1.165) is 6.07 Å². The Bertz CT molecular complexity index is 1540. The molecule has 41 heavy (non-hydrogen) atoms.